The number of imide groups is 1. The van der Waals surface area contributed by atoms with Gasteiger partial charge in [0, 0.05) is 4.47 Å². The zero-order valence-electron chi connectivity index (χ0n) is 12.6. The molecule has 1 aromatic rings. The fourth-order valence-electron chi connectivity index (χ4n) is 3.35. The lowest BCUT2D eigenvalue weighted by Gasteiger charge is -2.23. The lowest BCUT2D eigenvalue weighted by atomic mass is 9.89. The summed E-state index contributed by atoms with van der Waals surface area (Å²) in [5.74, 6) is 0.412. The lowest BCUT2D eigenvalue weighted by Crippen LogP contribution is -2.41. The van der Waals surface area contributed by atoms with Gasteiger partial charge in [-0.05, 0) is 49.6 Å². The molecule has 1 aliphatic carbocycles. The first kappa shape index (κ1) is 15.7. The normalized spacial score (nSPS) is 23.3. The molecule has 4 nitrogen and oxygen atoms in total. The molecule has 22 heavy (non-hydrogen) atoms. The highest BCUT2D eigenvalue weighted by Crippen LogP contribution is 2.26. The lowest BCUT2D eigenvalue weighted by molar-refractivity contribution is -0.121. The minimum atomic E-state index is -0.363. The summed E-state index contributed by atoms with van der Waals surface area (Å²) in [6.45, 7) is 0.845. The van der Waals surface area contributed by atoms with Crippen molar-refractivity contribution in [3.63, 3.8) is 0 Å². The third kappa shape index (κ3) is 3.41. The van der Waals surface area contributed by atoms with Crippen LogP contribution in [0.5, 0.6) is 0 Å². The van der Waals surface area contributed by atoms with E-state index in [0.717, 1.165) is 11.0 Å². The molecule has 1 N–H and O–H groups in total. The van der Waals surface area contributed by atoms with Crippen molar-refractivity contribution >= 4 is 33.4 Å². The maximum atomic E-state index is 12.5. The van der Waals surface area contributed by atoms with Crippen molar-refractivity contribution < 1.29 is 9.59 Å². The van der Waals surface area contributed by atoms with Gasteiger partial charge in [-0.1, -0.05) is 35.2 Å². The molecule has 0 spiro atoms. The predicted molar refractivity (Wildman–Crippen MR) is 89.6 cm³/mol. The average molecular weight is 365 g/mol. The molecule has 0 bridgehead atoms. The number of hydrogen-bond acceptors (Lipinski definition) is 3. The van der Waals surface area contributed by atoms with Crippen LogP contribution in [-0.2, 0) is 9.59 Å². The van der Waals surface area contributed by atoms with E-state index < -0.39 is 0 Å². The maximum Gasteiger partial charge on any atom is 0.251 e. The van der Waals surface area contributed by atoms with Gasteiger partial charge in [0.1, 0.15) is 0 Å². The van der Waals surface area contributed by atoms with Crippen molar-refractivity contribution in [2.45, 2.75) is 44.6 Å². The Balaban J connectivity index is 1.62. The Kier molecular flexibility index (Phi) is 4.93. The second-order valence-corrected chi connectivity index (χ2v) is 7.13. The predicted octanol–water partition coefficient (Wildman–Crippen LogP) is 3.25. The summed E-state index contributed by atoms with van der Waals surface area (Å²) in [7, 11) is 0. The van der Waals surface area contributed by atoms with Gasteiger partial charge in [-0.3, -0.25) is 9.59 Å². The number of hydrogen-bond donors (Lipinski definition) is 1. The molecule has 2 aliphatic rings. The largest absolute Gasteiger partial charge is 0.305 e. The first-order chi connectivity index (χ1) is 10.6. The van der Waals surface area contributed by atoms with Crippen LogP contribution in [-0.4, -0.2) is 24.4 Å². The molecule has 1 atom stereocenters. The number of nitrogens with one attached hydrogen (secondary N) is 1. The third-order valence-corrected chi connectivity index (χ3v) is 5.14. The highest BCUT2D eigenvalue weighted by molar-refractivity contribution is 9.10. The highest BCUT2D eigenvalue weighted by Gasteiger charge is 2.39. The van der Waals surface area contributed by atoms with E-state index in [1.165, 1.54) is 37.0 Å². The van der Waals surface area contributed by atoms with Crippen LogP contribution in [0, 0.1) is 5.92 Å². The Morgan fingerprint density at radius 3 is 2.45 bits per heavy atom. The van der Waals surface area contributed by atoms with E-state index in [1.54, 1.807) is 12.1 Å². The van der Waals surface area contributed by atoms with Crippen LogP contribution < -0.4 is 10.2 Å². The molecule has 5 heteroatoms. The number of nitrogens with zero attached hydrogens (tertiary/aromatic N) is 1. The smallest absolute Gasteiger partial charge is 0.251 e. The van der Waals surface area contributed by atoms with E-state index in [4.69, 9.17) is 0 Å². The Labute approximate surface area is 139 Å². The second-order valence-electron chi connectivity index (χ2n) is 6.21. The van der Waals surface area contributed by atoms with Gasteiger partial charge in [0.2, 0.25) is 5.91 Å². The van der Waals surface area contributed by atoms with Crippen LogP contribution in [0.3, 0.4) is 0 Å². The molecule has 118 valence electrons. The second kappa shape index (κ2) is 6.92. The van der Waals surface area contributed by atoms with Gasteiger partial charge >= 0.3 is 0 Å². The molecule has 1 heterocycles. The number of benzene rings is 1. The number of amides is 2. The zero-order valence-corrected chi connectivity index (χ0v) is 14.1. The van der Waals surface area contributed by atoms with E-state index in [9.17, 15) is 9.59 Å². The van der Waals surface area contributed by atoms with Crippen molar-refractivity contribution in [2.24, 2.45) is 5.92 Å². The van der Waals surface area contributed by atoms with E-state index in [2.05, 4.69) is 21.2 Å². The minimum absolute atomic E-state index is 0.117. The topological polar surface area (TPSA) is 49.4 Å². The molecular weight excluding hydrogens is 344 g/mol. The number of rotatable bonds is 4. The fraction of sp³-hybridized carbons (Fsp3) is 0.529. The van der Waals surface area contributed by atoms with Gasteiger partial charge in [0.25, 0.3) is 5.91 Å². The molecule has 0 aromatic heterocycles. The van der Waals surface area contributed by atoms with E-state index in [-0.39, 0.29) is 24.3 Å². The average Bonchev–Trinajstić information content (AvgIpc) is 2.82. The first-order valence-corrected chi connectivity index (χ1v) is 8.80. The SMILES string of the molecule is O=C1CC(NCC2CCCCC2)C(=O)N1c1ccc(Br)cc1. The molecule has 0 radical (unpaired) electrons. The van der Waals surface area contributed by atoms with Crippen LogP contribution in [0.4, 0.5) is 5.69 Å². The van der Waals surface area contributed by atoms with Crippen molar-refractivity contribution in [3.05, 3.63) is 28.7 Å². The summed E-state index contributed by atoms with van der Waals surface area (Å²) in [5, 5.41) is 3.32. The van der Waals surface area contributed by atoms with Crippen LogP contribution >= 0.6 is 15.9 Å². The van der Waals surface area contributed by atoms with Crippen LogP contribution in [0.25, 0.3) is 0 Å². The van der Waals surface area contributed by atoms with Crippen LogP contribution in [0.15, 0.2) is 28.7 Å². The molecule has 1 aliphatic heterocycles. The highest BCUT2D eigenvalue weighted by atomic mass is 79.9. The molecule has 2 amide bonds. The number of anilines is 1. The standard InChI is InChI=1S/C17H21BrN2O2/c18-13-6-8-14(9-7-13)20-16(21)10-15(17(20)22)19-11-12-4-2-1-3-5-12/h6-9,12,15,19H,1-5,10-11H2. The summed E-state index contributed by atoms with van der Waals surface area (Å²) in [6, 6.07) is 6.92. The molecule has 2 fully saturated rings. The Morgan fingerprint density at radius 2 is 1.77 bits per heavy atom. The van der Waals surface area contributed by atoms with Gasteiger partial charge in [-0.2, -0.15) is 0 Å². The Hall–Kier alpha value is -1.20. The van der Waals surface area contributed by atoms with Gasteiger partial charge < -0.3 is 5.32 Å². The number of carbonyl (C=O) groups excluding carboxylic acids is 2. The quantitative estimate of drug-likeness (QED) is 0.834. The van der Waals surface area contributed by atoms with Crippen molar-refractivity contribution in [3.8, 4) is 0 Å². The summed E-state index contributed by atoms with van der Waals surface area (Å²) in [4.78, 5) is 26.0. The van der Waals surface area contributed by atoms with E-state index >= 15 is 0 Å². The summed E-state index contributed by atoms with van der Waals surface area (Å²) in [6.07, 6.45) is 6.64. The maximum absolute atomic E-state index is 12.5. The number of halogens is 1. The zero-order chi connectivity index (χ0) is 15.5. The molecular formula is C17H21BrN2O2. The minimum Gasteiger partial charge on any atom is -0.305 e. The van der Waals surface area contributed by atoms with Crippen molar-refractivity contribution in [2.75, 3.05) is 11.4 Å². The van der Waals surface area contributed by atoms with E-state index in [0.29, 0.717) is 11.6 Å². The van der Waals surface area contributed by atoms with Gasteiger partial charge in [0.05, 0.1) is 18.2 Å². The molecule has 3 rings (SSSR count). The monoisotopic (exact) mass is 364 g/mol. The van der Waals surface area contributed by atoms with Crippen LogP contribution in [0.1, 0.15) is 38.5 Å². The Morgan fingerprint density at radius 1 is 1.09 bits per heavy atom. The van der Waals surface area contributed by atoms with Crippen molar-refractivity contribution in [1.29, 1.82) is 0 Å². The Bertz CT molecular complexity index is 552. The first-order valence-electron chi connectivity index (χ1n) is 8.01. The van der Waals surface area contributed by atoms with E-state index in [1.807, 2.05) is 12.1 Å². The van der Waals surface area contributed by atoms with Gasteiger partial charge in [-0.25, -0.2) is 4.90 Å². The van der Waals surface area contributed by atoms with Crippen molar-refractivity contribution in [1.82, 2.24) is 5.32 Å². The third-order valence-electron chi connectivity index (χ3n) is 4.61. The number of carbonyl (C=O) groups is 2. The fourth-order valence-corrected chi connectivity index (χ4v) is 3.62. The molecule has 1 unspecified atom stereocenters. The molecule has 1 saturated carbocycles. The summed E-state index contributed by atoms with van der Waals surface area (Å²) in [5.41, 5.74) is 0.653. The van der Waals surface area contributed by atoms with Gasteiger partial charge in [-0.15, -0.1) is 0 Å². The molecule has 1 aromatic carbocycles. The summed E-state index contributed by atoms with van der Waals surface area (Å²) >= 11 is 3.36. The van der Waals surface area contributed by atoms with Crippen LogP contribution in [0.2, 0.25) is 0 Å². The molecule has 1 saturated heterocycles. The summed E-state index contributed by atoms with van der Waals surface area (Å²) < 4.78 is 0.933. The van der Waals surface area contributed by atoms with Gasteiger partial charge in [0.15, 0.2) is 0 Å².